The molecule has 3 aromatic rings. The van der Waals surface area contributed by atoms with Crippen molar-refractivity contribution in [2.45, 2.75) is 11.3 Å². The number of benzene rings is 3. The molecule has 0 radical (unpaired) electrons. The first-order valence-corrected chi connectivity index (χ1v) is 10.4. The number of rotatable bonds is 7. The second kappa shape index (κ2) is 10.5. The number of para-hydroxylation sites is 1. The third kappa shape index (κ3) is 6.12. The van der Waals surface area contributed by atoms with E-state index in [9.17, 15) is 9.59 Å². The molecule has 0 fully saturated rings. The van der Waals surface area contributed by atoms with Gasteiger partial charge in [0.25, 0.3) is 5.24 Å². The zero-order valence-corrected chi connectivity index (χ0v) is 17.8. The minimum absolute atomic E-state index is 0.0419. The molecule has 2 amide bonds. The zero-order valence-electron chi connectivity index (χ0n) is 17.0. The highest BCUT2D eigenvalue weighted by atomic mass is 32.2. The Morgan fingerprint density at radius 1 is 0.900 bits per heavy atom. The third-order valence-electron chi connectivity index (χ3n) is 4.27. The molecule has 3 rings (SSSR count). The van der Waals surface area contributed by atoms with Crippen molar-refractivity contribution in [3.05, 3.63) is 78.9 Å². The summed E-state index contributed by atoms with van der Waals surface area (Å²) >= 11 is 1.14. The summed E-state index contributed by atoms with van der Waals surface area (Å²) in [4.78, 5) is 26.3. The molecular weight excluding hydrogens is 396 g/mol. The maximum Gasteiger partial charge on any atom is 0.285 e. The van der Waals surface area contributed by atoms with Crippen molar-refractivity contribution in [2.24, 2.45) is 0 Å². The van der Waals surface area contributed by atoms with Gasteiger partial charge in [-0.2, -0.15) is 0 Å². The molecule has 0 unspecified atom stereocenters. The Labute approximate surface area is 181 Å². The molecule has 30 heavy (non-hydrogen) atoms. The standard InChI is InChI=1S/C24H24N2O3S/c1-26(2)24(28)30-20-14-12-19(13-15-20)25-23(27)16-17-29-22-11-7-6-10-21(22)18-8-4-3-5-9-18/h3-15H,16-17H2,1-2H3,(H,25,27). The smallest absolute Gasteiger partial charge is 0.285 e. The zero-order chi connectivity index (χ0) is 21.3. The molecule has 0 aromatic heterocycles. The van der Waals surface area contributed by atoms with Crippen LogP contribution in [0.15, 0.2) is 83.8 Å². The van der Waals surface area contributed by atoms with Crippen LogP contribution in [0, 0.1) is 0 Å². The van der Waals surface area contributed by atoms with Crippen molar-refractivity contribution in [1.82, 2.24) is 4.90 Å². The molecule has 0 aliphatic rings. The van der Waals surface area contributed by atoms with Gasteiger partial charge < -0.3 is 15.0 Å². The van der Waals surface area contributed by atoms with Gasteiger partial charge in [-0.05, 0) is 47.7 Å². The van der Waals surface area contributed by atoms with Crippen molar-refractivity contribution in [2.75, 3.05) is 26.0 Å². The van der Waals surface area contributed by atoms with E-state index in [-0.39, 0.29) is 24.2 Å². The predicted octanol–water partition coefficient (Wildman–Crippen LogP) is 5.53. The Morgan fingerprint density at radius 2 is 1.57 bits per heavy atom. The third-order valence-corrected chi connectivity index (χ3v) is 5.31. The van der Waals surface area contributed by atoms with E-state index in [1.807, 2.05) is 66.7 Å². The molecule has 0 spiro atoms. The van der Waals surface area contributed by atoms with E-state index < -0.39 is 0 Å². The van der Waals surface area contributed by atoms with Crippen LogP contribution in [0.2, 0.25) is 0 Å². The van der Waals surface area contributed by atoms with Crippen LogP contribution >= 0.6 is 11.8 Å². The highest BCUT2D eigenvalue weighted by Gasteiger charge is 2.09. The van der Waals surface area contributed by atoms with E-state index in [0.29, 0.717) is 5.69 Å². The highest BCUT2D eigenvalue weighted by molar-refractivity contribution is 8.13. The van der Waals surface area contributed by atoms with Gasteiger partial charge in [-0.25, -0.2) is 0 Å². The number of amides is 2. The first-order valence-electron chi connectivity index (χ1n) is 9.59. The van der Waals surface area contributed by atoms with Gasteiger partial charge in [0.2, 0.25) is 5.91 Å². The molecule has 0 aliphatic carbocycles. The van der Waals surface area contributed by atoms with Gasteiger partial charge >= 0.3 is 0 Å². The monoisotopic (exact) mass is 420 g/mol. The molecule has 0 saturated heterocycles. The number of ether oxygens (including phenoxy) is 1. The summed E-state index contributed by atoms with van der Waals surface area (Å²) in [5, 5.41) is 2.81. The van der Waals surface area contributed by atoms with E-state index >= 15 is 0 Å². The molecule has 0 bridgehead atoms. The van der Waals surface area contributed by atoms with Crippen LogP contribution in [0.4, 0.5) is 10.5 Å². The van der Waals surface area contributed by atoms with Crippen molar-refractivity contribution in [3.63, 3.8) is 0 Å². The van der Waals surface area contributed by atoms with Crippen LogP contribution < -0.4 is 10.1 Å². The number of nitrogens with zero attached hydrogens (tertiary/aromatic N) is 1. The van der Waals surface area contributed by atoms with Crippen molar-refractivity contribution >= 4 is 28.6 Å². The van der Waals surface area contributed by atoms with Gasteiger partial charge in [-0.3, -0.25) is 9.59 Å². The highest BCUT2D eigenvalue weighted by Crippen LogP contribution is 2.29. The van der Waals surface area contributed by atoms with Gasteiger partial charge in [0, 0.05) is 30.2 Å². The SMILES string of the molecule is CN(C)C(=O)Sc1ccc(NC(=O)CCOc2ccccc2-c2ccccc2)cc1. The van der Waals surface area contributed by atoms with Gasteiger partial charge in [-0.15, -0.1) is 0 Å². The average molecular weight is 421 g/mol. The van der Waals surface area contributed by atoms with Crippen LogP contribution in [-0.4, -0.2) is 36.7 Å². The van der Waals surface area contributed by atoms with Crippen LogP contribution in [0.3, 0.4) is 0 Å². The molecular formula is C24H24N2O3S. The summed E-state index contributed by atoms with van der Waals surface area (Å²) in [6, 6.07) is 25.0. The first kappa shape index (κ1) is 21.5. The number of anilines is 1. The van der Waals surface area contributed by atoms with E-state index in [0.717, 1.165) is 33.5 Å². The lowest BCUT2D eigenvalue weighted by Crippen LogP contribution is -2.16. The van der Waals surface area contributed by atoms with Gasteiger partial charge in [0.05, 0.1) is 13.0 Å². The molecule has 6 heteroatoms. The summed E-state index contributed by atoms with van der Waals surface area (Å²) in [6.45, 7) is 0.279. The summed E-state index contributed by atoms with van der Waals surface area (Å²) in [5.74, 6) is 0.625. The molecule has 0 saturated carbocycles. The van der Waals surface area contributed by atoms with Crippen LogP contribution in [0.1, 0.15) is 6.42 Å². The molecule has 3 aromatic carbocycles. The quantitative estimate of drug-likeness (QED) is 0.510. The fraction of sp³-hybridized carbons (Fsp3) is 0.167. The molecule has 0 aliphatic heterocycles. The largest absolute Gasteiger partial charge is 0.492 e. The summed E-state index contributed by atoms with van der Waals surface area (Å²) in [5.41, 5.74) is 2.76. The molecule has 0 heterocycles. The number of hydrogen-bond acceptors (Lipinski definition) is 4. The lowest BCUT2D eigenvalue weighted by molar-refractivity contribution is -0.116. The number of nitrogens with one attached hydrogen (secondary N) is 1. The number of carbonyl (C=O) groups is 2. The Morgan fingerprint density at radius 3 is 2.27 bits per heavy atom. The fourth-order valence-electron chi connectivity index (χ4n) is 2.72. The Balaban J connectivity index is 1.51. The van der Waals surface area contributed by atoms with Crippen LogP contribution in [0.5, 0.6) is 5.75 Å². The van der Waals surface area contributed by atoms with Crippen LogP contribution in [0.25, 0.3) is 11.1 Å². The van der Waals surface area contributed by atoms with E-state index in [1.165, 1.54) is 4.90 Å². The second-order valence-electron chi connectivity index (χ2n) is 6.80. The van der Waals surface area contributed by atoms with Gasteiger partial charge in [0.15, 0.2) is 0 Å². The molecule has 5 nitrogen and oxygen atoms in total. The van der Waals surface area contributed by atoms with Crippen molar-refractivity contribution < 1.29 is 14.3 Å². The molecule has 1 N–H and O–H groups in total. The van der Waals surface area contributed by atoms with Crippen LogP contribution in [-0.2, 0) is 4.79 Å². The first-order chi connectivity index (χ1) is 14.5. The van der Waals surface area contributed by atoms with E-state index in [2.05, 4.69) is 5.32 Å². The maximum absolute atomic E-state index is 12.3. The lowest BCUT2D eigenvalue weighted by atomic mass is 10.1. The normalized spacial score (nSPS) is 10.3. The van der Waals surface area contributed by atoms with Crippen molar-refractivity contribution in [1.29, 1.82) is 0 Å². The number of hydrogen-bond donors (Lipinski definition) is 1. The number of carbonyl (C=O) groups excluding carboxylic acids is 2. The van der Waals surface area contributed by atoms with Crippen molar-refractivity contribution in [3.8, 4) is 16.9 Å². The Hall–Kier alpha value is -3.25. The number of thioether (sulfide) groups is 1. The predicted molar refractivity (Wildman–Crippen MR) is 122 cm³/mol. The average Bonchev–Trinajstić information content (AvgIpc) is 2.76. The fourth-order valence-corrected chi connectivity index (χ4v) is 3.38. The minimum atomic E-state index is -0.128. The minimum Gasteiger partial charge on any atom is -0.492 e. The maximum atomic E-state index is 12.3. The summed E-state index contributed by atoms with van der Waals surface area (Å²) in [6.07, 6.45) is 0.235. The van der Waals surface area contributed by atoms with Gasteiger partial charge in [0.1, 0.15) is 5.75 Å². The summed E-state index contributed by atoms with van der Waals surface area (Å²) < 4.78 is 5.88. The van der Waals surface area contributed by atoms with Gasteiger partial charge in [-0.1, -0.05) is 48.5 Å². The molecule has 154 valence electrons. The van der Waals surface area contributed by atoms with E-state index in [1.54, 1.807) is 26.2 Å². The summed E-state index contributed by atoms with van der Waals surface area (Å²) in [7, 11) is 3.43. The molecule has 0 atom stereocenters. The van der Waals surface area contributed by atoms with E-state index in [4.69, 9.17) is 4.74 Å². The Bertz CT molecular complexity index is 989. The topological polar surface area (TPSA) is 58.6 Å². The lowest BCUT2D eigenvalue weighted by Gasteiger charge is -2.12. The second-order valence-corrected chi connectivity index (χ2v) is 7.82. The Kier molecular flexibility index (Phi) is 7.51.